The van der Waals surface area contributed by atoms with E-state index in [1.165, 1.54) is 30.5 Å². The van der Waals surface area contributed by atoms with E-state index in [1.54, 1.807) is 0 Å². The molecule has 0 bridgehead atoms. The summed E-state index contributed by atoms with van der Waals surface area (Å²) in [7, 11) is 0. The van der Waals surface area contributed by atoms with Crippen molar-refractivity contribution in [2.45, 2.75) is 63.9 Å². The van der Waals surface area contributed by atoms with Gasteiger partial charge in [-0.15, -0.1) is 0 Å². The fourth-order valence-corrected chi connectivity index (χ4v) is 2.86. The molecule has 0 spiro atoms. The maximum absolute atomic E-state index is 13.3. The molecular formula is C22H24F6O. The molecule has 2 aromatic rings. The molecule has 0 heterocycles. The Hall–Kier alpha value is -2.18. The third kappa shape index (κ3) is 7.29. The van der Waals surface area contributed by atoms with Crippen LogP contribution >= 0.6 is 0 Å². The van der Waals surface area contributed by atoms with Crippen molar-refractivity contribution in [3.05, 3.63) is 65.2 Å². The van der Waals surface area contributed by atoms with Gasteiger partial charge in [0.15, 0.2) is 0 Å². The minimum absolute atomic E-state index is 0.526. The maximum Gasteiger partial charge on any atom is 0.439 e. The molecule has 0 fully saturated rings. The summed E-state index contributed by atoms with van der Waals surface area (Å²) in [5, 5.41) is 0. The van der Waals surface area contributed by atoms with Gasteiger partial charge in [0.2, 0.25) is 0 Å². The smallest absolute Gasteiger partial charge is 0.430 e. The fraction of sp³-hybridized carbons (Fsp3) is 0.455. The van der Waals surface area contributed by atoms with Gasteiger partial charge in [-0.2, -0.15) is 22.0 Å². The Kier molecular flexibility index (Phi) is 7.99. The first-order chi connectivity index (χ1) is 13.6. The van der Waals surface area contributed by atoms with Crippen molar-refractivity contribution in [1.82, 2.24) is 0 Å². The second-order valence-corrected chi connectivity index (χ2v) is 6.99. The number of benzene rings is 2. The van der Waals surface area contributed by atoms with Crippen molar-refractivity contribution in [3.63, 3.8) is 0 Å². The lowest BCUT2D eigenvalue weighted by Crippen LogP contribution is -2.45. The maximum atomic E-state index is 13.3. The first kappa shape index (κ1) is 23.1. The number of aryl methyl sites for hydroxylation is 3. The van der Waals surface area contributed by atoms with Crippen LogP contribution in [-0.4, -0.2) is 18.5 Å². The van der Waals surface area contributed by atoms with E-state index >= 15 is 0 Å². The normalized spacial score (nSPS) is 13.3. The Morgan fingerprint density at radius 1 is 0.724 bits per heavy atom. The summed E-state index contributed by atoms with van der Waals surface area (Å²) >= 11 is 0. The number of alkyl halides is 6. The van der Waals surface area contributed by atoms with Gasteiger partial charge in [-0.3, -0.25) is 0 Å². The minimum atomic E-state index is -5.70. The lowest BCUT2D eigenvalue weighted by atomic mass is 10.0. The van der Waals surface area contributed by atoms with E-state index in [0.29, 0.717) is 6.42 Å². The number of hydrogen-bond acceptors (Lipinski definition) is 1. The average Bonchev–Trinajstić information content (AvgIpc) is 2.67. The van der Waals surface area contributed by atoms with Gasteiger partial charge in [0.1, 0.15) is 5.75 Å². The van der Waals surface area contributed by atoms with E-state index in [-0.39, 0.29) is 0 Å². The molecule has 1 nitrogen and oxygen atoms in total. The summed E-state index contributed by atoms with van der Waals surface area (Å²) in [5.74, 6) is -0.526. The van der Waals surface area contributed by atoms with E-state index in [0.717, 1.165) is 42.5 Å². The van der Waals surface area contributed by atoms with Crippen LogP contribution in [0.5, 0.6) is 5.75 Å². The Bertz CT molecular complexity index is 737. The SMILES string of the molecule is CCCCCc1ccc(CCc2ccc(OC(F)(F)C(F)C(F)(F)F)cc2)cc1. The molecule has 1 atom stereocenters. The molecule has 0 aliphatic carbocycles. The van der Waals surface area contributed by atoms with Crippen LogP contribution in [-0.2, 0) is 19.3 Å². The van der Waals surface area contributed by atoms with Crippen LogP contribution < -0.4 is 4.74 Å². The van der Waals surface area contributed by atoms with Crippen LogP contribution in [0.4, 0.5) is 26.3 Å². The molecule has 0 radical (unpaired) electrons. The first-order valence-corrected chi connectivity index (χ1v) is 9.56. The highest BCUT2D eigenvalue weighted by Gasteiger charge is 2.59. The Morgan fingerprint density at radius 3 is 1.62 bits per heavy atom. The van der Waals surface area contributed by atoms with Gasteiger partial charge < -0.3 is 4.74 Å². The molecule has 0 amide bonds. The number of unbranched alkanes of at least 4 members (excludes halogenated alkanes) is 2. The fourth-order valence-electron chi connectivity index (χ4n) is 2.86. The van der Waals surface area contributed by atoms with Crippen molar-refractivity contribution in [2.24, 2.45) is 0 Å². The zero-order valence-electron chi connectivity index (χ0n) is 16.1. The molecule has 160 valence electrons. The molecule has 0 aliphatic rings. The summed E-state index contributed by atoms with van der Waals surface area (Å²) in [6, 6.07) is 13.5. The molecule has 0 N–H and O–H groups in total. The van der Waals surface area contributed by atoms with E-state index in [1.807, 2.05) is 0 Å². The molecule has 0 aromatic heterocycles. The molecule has 0 saturated heterocycles. The van der Waals surface area contributed by atoms with E-state index < -0.39 is 24.2 Å². The van der Waals surface area contributed by atoms with Crippen molar-refractivity contribution >= 4 is 0 Å². The Morgan fingerprint density at radius 2 is 1.17 bits per heavy atom. The zero-order valence-corrected chi connectivity index (χ0v) is 16.1. The van der Waals surface area contributed by atoms with Crippen LogP contribution in [0.3, 0.4) is 0 Å². The highest BCUT2D eigenvalue weighted by atomic mass is 19.4. The highest BCUT2D eigenvalue weighted by Crippen LogP contribution is 2.36. The third-order valence-electron chi connectivity index (χ3n) is 4.55. The standard InChI is InChI=1S/C22H24F6O/c1-2-3-4-5-16-6-8-17(9-7-16)10-11-18-12-14-19(15-13-18)29-22(27,28)20(23)21(24,25)26/h6-9,12-15,20H,2-5,10-11H2,1H3. The quantitative estimate of drug-likeness (QED) is 0.296. The van der Waals surface area contributed by atoms with Crippen LogP contribution in [0, 0.1) is 0 Å². The van der Waals surface area contributed by atoms with Gasteiger partial charge in [-0.25, -0.2) is 4.39 Å². The van der Waals surface area contributed by atoms with Gasteiger partial charge in [0.25, 0.3) is 6.17 Å². The summed E-state index contributed by atoms with van der Waals surface area (Å²) in [4.78, 5) is 0. The molecule has 7 heteroatoms. The van der Waals surface area contributed by atoms with Gasteiger partial charge >= 0.3 is 12.3 Å². The second kappa shape index (κ2) is 10.0. The topological polar surface area (TPSA) is 9.23 Å². The Balaban J connectivity index is 1.87. The number of rotatable bonds is 10. The van der Waals surface area contributed by atoms with E-state index in [2.05, 4.69) is 35.9 Å². The molecular weight excluding hydrogens is 394 g/mol. The summed E-state index contributed by atoms with van der Waals surface area (Å²) in [5.41, 5.74) is 3.22. The van der Waals surface area contributed by atoms with Gasteiger partial charge in [-0.05, 0) is 54.5 Å². The Labute approximate surface area is 166 Å². The van der Waals surface area contributed by atoms with Crippen molar-refractivity contribution in [2.75, 3.05) is 0 Å². The lowest BCUT2D eigenvalue weighted by Gasteiger charge is -2.23. The lowest BCUT2D eigenvalue weighted by molar-refractivity contribution is -0.304. The molecule has 0 saturated carbocycles. The monoisotopic (exact) mass is 418 g/mol. The number of halogens is 6. The summed E-state index contributed by atoms with van der Waals surface area (Å²) in [6.45, 7) is 2.16. The van der Waals surface area contributed by atoms with Gasteiger partial charge in [0.05, 0.1) is 0 Å². The van der Waals surface area contributed by atoms with Crippen molar-refractivity contribution < 1.29 is 31.1 Å². The van der Waals surface area contributed by atoms with E-state index in [9.17, 15) is 26.3 Å². The summed E-state index contributed by atoms with van der Waals surface area (Å²) < 4.78 is 79.8. The summed E-state index contributed by atoms with van der Waals surface area (Å²) in [6.07, 6.45) is -9.13. The zero-order chi connectivity index (χ0) is 21.5. The predicted octanol–water partition coefficient (Wildman–Crippen LogP) is 7.08. The molecule has 0 aliphatic heterocycles. The second-order valence-electron chi connectivity index (χ2n) is 6.99. The predicted molar refractivity (Wildman–Crippen MR) is 100 cm³/mol. The molecule has 2 rings (SSSR count). The van der Waals surface area contributed by atoms with Crippen LogP contribution in [0.2, 0.25) is 0 Å². The van der Waals surface area contributed by atoms with Gasteiger partial charge in [-0.1, -0.05) is 56.2 Å². The number of hydrogen-bond donors (Lipinski definition) is 0. The average molecular weight is 418 g/mol. The van der Waals surface area contributed by atoms with Crippen LogP contribution in [0.25, 0.3) is 0 Å². The van der Waals surface area contributed by atoms with Crippen molar-refractivity contribution in [3.8, 4) is 5.75 Å². The van der Waals surface area contributed by atoms with Gasteiger partial charge in [0, 0.05) is 0 Å². The van der Waals surface area contributed by atoms with E-state index in [4.69, 9.17) is 0 Å². The minimum Gasteiger partial charge on any atom is -0.430 e. The largest absolute Gasteiger partial charge is 0.439 e. The molecule has 2 aromatic carbocycles. The van der Waals surface area contributed by atoms with Crippen LogP contribution in [0.15, 0.2) is 48.5 Å². The highest BCUT2D eigenvalue weighted by molar-refractivity contribution is 5.29. The van der Waals surface area contributed by atoms with Crippen molar-refractivity contribution in [1.29, 1.82) is 0 Å². The third-order valence-corrected chi connectivity index (χ3v) is 4.55. The number of ether oxygens (including phenoxy) is 1. The first-order valence-electron chi connectivity index (χ1n) is 9.56. The molecule has 29 heavy (non-hydrogen) atoms. The van der Waals surface area contributed by atoms with Crippen LogP contribution in [0.1, 0.15) is 42.9 Å². The molecule has 1 unspecified atom stereocenters.